The second-order valence-electron chi connectivity index (χ2n) is 6.97. The minimum atomic E-state index is -2.03. The van der Waals surface area contributed by atoms with Crippen LogP contribution in [0.15, 0.2) is 18.2 Å². The zero-order chi connectivity index (χ0) is 17.8. The highest BCUT2D eigenvalue weighted by atomic mass is 35.5. The van der Waals surface area contributed by atoms with Crippen LogP contribution in [0.5, 0.6) is 0 Å². The Morgan fingerprint density at radius 1 is 1.39 bits per heavy atom. The molecule has 0 heterocycles. The van der Waals surface area contributed by atoms with Gasteiger partial charge in [0.1, 0.15) is 11.7 Å². The molecule has 1 N–H and O–H groups in total. The van der Waals surface area contributed by atoms with Crippen LogP contribution in [-0.4, -0.2) is 26.7 Å². The van der Waals surface area contributed by atoms with Crippen molar-refractivity contribution in [3.8, 4) is 0 Å². The fourth-order valence-electron chi connectivity index (χ4n) is 1.74. The van der Waals surface area contributed by atoms with Crippen molar-refractivity contribution >= 4 is 37.4 Å². The van der Waals surface area contributed by atoms with Crippen molar-refractivity contribution in [2.24, 2.45) is 0 Å². The summed E-state index contributed by atoms with van der Waals surface area (Å²) in [6, 6.07) is 4.08. The molecule has 1 amide bonds. The van der Waals surface area contributed by atoms with Gasteiger partial charge in [-0.15, -0.1) is 11.6 Å². The van der Waals surface area contributed by atoms with Crippen molar-refractivity contribution in [2.45, 2.75) is 44.9 Å². The lowest BCUT2D eigenvalue weighted by Crippen LogP contribution is -2.44. The summed E-state index contributed by atoms with van der Waals surface area (Å²) in [5.41, 5.74) is 0.301. The molecule has 1 atom stereocenters. The average molecular weight is 380 g/mol. The standard InChI is InChI=1S/C16H24Cl2FNO2Si/c1-16(2,3)23(4,5)22-10-13(20-14(21)9-17)11-7-6-8-12(18)15(11)19/h6-8,13H,9-10H2,1-5H3,(H,20,21). The molecule has 1 unspecified atom stereocenters. The van der Waals surface area contributed by atoms with Gasteiger partial charge in [-0.25, -0.2) is 4.39 Å². The molecule has 1 aromatic rings. The van der Waals surface area contributed by atoms with E-state index in [0.29, 0.717) is 5.56 Å². The number of amides is 1. The number of benzene rings is 1. The normalized spacial score (nSPS) is 13.7. The lowest BCUT2D eigenvalue weighted by molar-refractivity contribution is -0.119. The van der Waals surface area contributed by atoms with Crippen LogP contribution < -0.4 is 5.32 Å². The van der Waals surface area contributed by atoms with E-state index in [1.54, 1.807) is 12.1 Å². The molecule has 130 valence electrons. The Bertz CT molecular complexity index is 562. The number of rotatable bonds is 6. The molecule has 1 aromatic carbocycles. The first-order valence-corrected chi connectivity index (χ1v) is 11.2. The average Bonchev–Trinajstić information content (AvgIpc) is 2.45. The predicted molar refractivity (Wildman–Crippen MR) is 96.2 cm³/mol. The first-order chi connectivity index (χ1) is 10.5. The quantitative estimate of drug-likeness (QED) is 0.563. The largest absolute Gasteiger partial charge is 0.414 e. The molecule has 0 aliphatic carbocycles. The summed E-state index contributed by atoms with van der Waals surface area (Å²) in [6.45, 7) is 10.7. The first-order valence-electron chi connectivity index (χ1n) is 7.43. The molecule has 0 spiro atoms. The second-order valence-corrected chi connectivity index (χ2v) is 12.5. The van der Waals surface area contributed by atoms with E-state index in [4.69, 9.17) is 27.6 Å². The fourth-order valence-corrected chi connectivity index (χ4v) is 3.02. The van der Waals surface area contributed by atoms with Crippen molar-refractivity contribution in [3.05, 3.63) is 34.6 Å². The predicted octanol–water partition coefficient (Wildman–Crippen LogP) is 4.90. The van der Waals surface area contributed by atoms with Gasteiger partial charge in [0.05, 0.1) is 17.7 Å². The highest BCUT2D eigenvalue weighted by Crippen LogP contribution is 2.37. The maximum atomic E-state index is 14.3. The Morgan fingerprint density at radius 3 is 2.52 bits per heavy atom. The summed E-state index contributed by atoms with van der Waals surface area (Å²) in [5.74, 6) is -1.12. The molecular formula is C16H24Cl2FNO2Si. The van der Waals surface area contributed by atoms with Crippen molar-refractivity contribution in [1.82, 2.24) is 5.32 Å². The number of carbonyl (C=O) groups is 1. The number of nitrogens with one attached hydrogen (secondary N) is 1. The molecule has 0 radical (unpaired) electrons. The SMILES string of the molecule is CC(C)(C)[Si](C)(C)OCC(NC(=O)CCl)c1cccc(Cl)c1F. The third-order valence-electron chi connectivity index (χ3n) is 4.23. The monoisotopic (exact) mass is 379 g/mol. The third kappa shape index (κ3) is 5.45. The second kappa shape index (κ2) is 7.97. The summed E-state index contributed by atoms with van der Waals surface area (Å²) in [5, 5.41) is 2.73. The molecular weight excluding hydrogens is 356 g/mol. The van der Waals surface area contributed by atoms with Gasteiger partial charge in [0.25, 0.3) is 0 Å². The minimum absolute atomic E-state index is 0.0138. The third-order valence-corrected chi connectivity index (χ3v) is 9.27. The van der Waals surface area contributed by atoms with E-state index in [1.807, 2.05) is 0 Å². The van der Waals surface area contributed by atoms with E-state index < -0.39 is 20.2 Å². The van der Waals surface area contributed by atoms with Gasteiger partial charge in [0.2, 0.25) is 5.91 Å². The molecule has 0 saturated carbocycles. The Morgan fingerprint density at radius 2 is 2.00 bits per heavy atom. The molecule has 0 aromatic heterocycles. The van der Waals surface area contributed by atoms with Gasteiger partial charge < -0.3 is 9.74 Å². The molecule has 0 fully saturated rings. The fraction of sp³-hybridized carbons (Fsp3) is 0.562. The van der Waals surface area contributed by atoms with E-state index in [9.17, 15) is 9.18 Å². The van der Waals surface area contributed by atoms with Crippen molar-refractivity contribution in [3.63, 3.8) is 0 Å². The zero-order valence-electron chi connectivity index (χ0n) is 14.2. The van der Waals surface area contributed by atoms with Gasteiger partial charge in [-0.05, 0) is 24.2 Å². The van der Waals surface area contributed by atoms with Crippen LogP contribution in [0.3, 0.4) is 0 Å². The molecule has 0 aliphatic rings. The number of alkyl halides is 1. The number of hydrogen-bond acceptors (Lipinski definition) is 2. The van der Waals surface area contributed by atoms with E-state index in [1.165, 1.54) is 6.07 Å². The summed E-state index contributed by atoms with van der Waals surface area (Å²) in [7, 11) is -2.03. The molecule has 0 saturated heterocycles. The molecule has 7 heteroatoms. The van der Waals surface area contributed by atoms with Crippen molar-refractivity contribution < 1.29 is 13.6 Å². The van der Waals surface area contributed by atoms with Gasteiger partial charge in [-0.1, -0.05) is 44.5 Å². The van der Waals surface area contributed by atoms with E-state index in [-0.39, 0.29) is 28.5 Å². The van der Waals surface area contributed by atoms with Gasteiger partial charge >= 0.3 is 0 Å². The summed E-state index contributed by atoms with van der Waals surface area (Å²) in [4.78, 5) is 11.7. The van der Waals surface area contributed by atoms with Gasteiger partial charge in [-0.3, -0.25) is 4.79 Å². The van der Waals surface area contributed by atoms with Gasteiger partial charge in [0, 0.05) is 5.56 Å². The van der Waals surface area contributed by atoms with E-state index in [2.05, 4.69) is 39.2 Å². The highest BCUT2D eigenvalue weighted by molar-refractivity contribution is 6.74. The Hall–Kier alpha value is -0.623. The van der Waals surface area contributed by atoms with Crippen LogP contribution in [0.25, 0.3) is 0 Å². The topological polar surface area (TPSA) is 38.3 Å². The lowest BCUT2D eigenvalue weighted by atomic mass is 10.1. The van der Waals surface area contributed by atoms with Crippen molar-refractivity contribution in [2.75, 3.05) is 12.5 Å². The van der Waals surface area contributed by atoms with Crippen LogP contribution in [0, 0.1) is 5.82 Å². The molecule has 3 nitrogen and oxygen atoms in total. The summed E-state index contributed by atoms with van der Waals surface area (Å²) >= 11 is 11.4. The maximum absolute atomic E-state index is 14.3. The van der Waals surface area contributed by atoms with Crippen molar-refractivity contribution in [1.29, 1.82) is 0 Å². The Kier molecular flexibility index (Phi) is 7.07. The minimum Gasteiger partial charge on any atom is -0.414 e. The van der Waals surface area contributed by atoms with Crippen LogP contribution >= 0.6 is 23.2 Å². The van der Waals surface area contributed by atoms with Gasteiger partial charge in [0.15, 0.2) is 8.32 Å². The highest BCUT2D eigenvalue weighted by Gasteiger charge is 2.38. The number of hydrogen-bond donors (Lipinski definition) is 1. The smallest absolute Gasteiger partial charge is 0.235 e. The van der Waals surface area contributed by atoms with Crippen LogP contribution in [0.1, 0.15) is 32.4 Å². The maximum Gasteiger partial charge on any atom is 0.235 e. The van der Waals surface area contributed by atoms with E-state index >= 15 is 0 Å². The van der Waals surface area contributed by atoms with Crippen LogP contribution in [0.2, 0.25) is 23.2 Å². The summed E-state index contributed by atoms with van der Waals surface area (Å²) < 4.78 is 20.4. The molecule has 23 heavy (non-hydrogen) atoms. The Labute approximate surface area is 148 Å². The first kappa shape index (κ1) is 20.4. The Balaban J connectivity index is 3.03. The molecule has 0 aliphatic heterocycles. The molecule has 1 rings (SSSR count). The number of halogens is 3. The van der Waals surface area contributed by atoms with Gasteiger partial charge in [-0.2, -0.15) is 0 Å². The zero-order valence-corrected chi connectivity index (χ0v) is 16.7. The van der Waals surface area contributed by atoms with E-state index in [0.717, 1.165) is 0 Å². The van der Waals surface area contributed by atoms with Crippen LogP contribution in [0.4, 0.5) is 4.39 Å². The number of carbonyl (C=O) groups excluding carboxylic acids is 1. The summed E-state index contributed by atoms with van der Waals surface area (Å²) in [6.07, 6.45) is 0. The lowest BCUT2D eigenvalue weighted by Gasteiger charge is -2.37. The molecule has 0 bridgehead atoms. The van der Waals surface area contributed by atoms with Crippen LogP contribution in [-0.2, 0) is 9.22 Å².